The van der Waals surface area contributed by atoms with E-state index in [1.54, 1.807) is 6.07 Å². The van der Waals surface area contributed by atoms with Gasteiger partial charge < -0.3 is 5.32 Å². The molecule has 0 spiro atoms. The highest BCUT2D eigenvalue weighted by Gasteiger charge is 2.32. The lowest BCUT2D eigenvalue weighted by Gasteiger charge is -2.37. The second kappa shape index (κ2) is 9.30. The minimum atomic E-state index is -0.193. The number of fused-ring (bicyclic) bond motifs is 1. The molecule has 2 N–H and O–H groups in total. The highest BCUT2D eigenvalue weighted by Crippen LogP contribution is 2.25. The van der Waals surface area contributed by atoms with Gasteiger partial charge in [0.15, 0.2) is 0 Å². The Labute approximate surface area is 144 Å². The highest BCUT2D eigenvalue weighted by molar-refractivity contribution is 6.02. The fraction of sp³-hybridized carbons (Fsp3) is 0.579. The van der Waals surface area contributed by atoms with Crippen molar-refractivity contribution in [3.63, 3.8) is 0 Å². The minimum Gasteiger partial charge on any atom is -0.363 e. The molecular weight excluding hydrogens is 302 g/mol. The molecule has 24 heavy (non-hydrogen) atoms. The van der Waals surface area contributed by atoms with Crippen LogP contribution in [0.5, 0.6) is 0 Å². The molecule has 5 nitrogen and oxygen atoms in total. The van der Waals surface area contributed by atoms with Gasteiger partial charge in [-0.3, -0.25) is 15.0 Å². The van der Waals surface area contributed by atoms with E-state index >= 15 is 0 Å². The topological polar surface area (TPSA) is 61.4 Å². The molecule has 0 bridgehead atoms. The van der Waals surface area contributed by atoms with E-state index < -0.39 is 0 Å². The Morgan fingerprint density at radius 3 is 2.62 bits per heavy atom. The molecule has 2 rings (SSSR count). The Morgan fingerprint density at radius 1 is 1.12 bits per heavy atom. The molecule has 1 unspecified atom stereocenters. The van der Waals surface area contributed by atoms with E-state index in [1.165, 1.54) is 24.3 Å². The van der Waals surface area contributed by atoms with Crippen LogP contribution < -0.4 is 10.7 Å². The third-order valence-corrected chi connectivity index (χ3v) is 4.32. The Kier molecular flexibility index (Phi) is 7.09. The van der Waals surface area contributed by atoms with E-state index in [4.69, 9.17) is 0 Å². The maximum absolute atomic E-state index is 12.7. The summed E-state index contributed by atoms with van der Waals surface area (Å²) < 4.78 is 0. The van der Waals surface area contributed by atoms with Crippen LogP contribution in [-0.4, -0.2) is 23.0 Å². The summed E-state index contributed by atoms with van der Waals surface area (Å²) in [5, 5.41) is 4.83. The van der Waals surface area contributed by atoms with Crippen LogP contribution in [0.1, 0.15) is 75.6 Å². The van der Waals surface area contributed by atoms with E-state index in [1.807, 2.05) is 18.2 Å². The van der Waals surface area contributed by atoms with Gasteiger partial charge >= 0.3 is 0 Å². The molecule has 1 heterocycles. The number of anilines is 1. The maximum Gasteiger partial charge on any atom is 0.276 e. The molecule has 0 saturated carbocycles. The van der Waals surface area contributed by atoms with Crippen LogP contribution >= 0.6 is 0 Å². The van der Waals surface area contributed by atoms with Crippen molar-refractivity contribution in [3.8, 4) is 0 Å². The molecule has 0 fully saturated rings. The number of carbonyl (C=O) groups is 2. The first-order valence-electron chi connectivity index (χ1n) is 9.16. The number of hydrazine groups is 1. The van der Waals surface area contributed by atoms with Gasteiger partial charge in [-0.25, -0.2) is 5.01 Å². The van der Waals surface area contributed by atoms with E-state index in [0.717, 1.165) is 31.4 Å². The van der Waals surface area contributed by atoms with Gasteiger partial charge in [-0.05, 0) is 25.0 Å². The van der Waals surface area contributed by atoms with Gasteiger partial charge in [0.25, 0.3) is 5.91 Å². The number of unbranched alkanes of at least 4 members (excludes halogenated alkanes) is 4. The molecule has 1 aromatic carbocycles. The van der Waals surface area contributed by atoms with E-state index in [-0.39, 0.29) is 18.0 Å². The molecule has 1 aromatic rings. The average molecular weight is 331 g/mol. The first-order chi connectivity index (χ1) is 11.7. The number of amides is 2. The van der Waals surface area contributed by atoms with Crippen LogP contribution in [0.2, 0.25) is 0 Å². The zero-order valence-corrected chi connectivity index (χ0v) is 14.8. The number of benzene rings is 1. The van der Waals surface area contributed by atoms with Gasteiger partial charge in [0.05, 0.1) is 5.56 Å². The lowest BCUT2D eigenvalue weighted by Crippen LogP contribution is -2.57. The molecule has 1 aliphatic heterocycles. The first-order valence-corrected chi connectivity index (χ1v) is 9.16. The first kappa shape index (κ1) is 18.3. The summed E-state index contributed by atoms with van der Waals surface area (Å²) in [7, 11) is 0. The molecule has 2 amide bonds. The van der Waals surface area contributed by atoms with Crippen molar-refractivity contribution in [3.05, 3.63) is 29.8 Å². The summed E-state index contributed by atoms with van der Waals surface area (Å²) in [5.74, 6) is -0.218. The Bertz CT molecular complexity index is 559. The predicted molar refractivity (Wildman–Crippen MR) is 96.4 cm³/mol. The van der Waals surface area contributed by atoms with Crippen LogP contribution in [0.15, 0.2) is 24.3 Å². The molecule has 0 aliphatic carbocycles. The van der Waals surface area contributed by atoms with Gasteiger partial charge in [-0.1, -0.05) is 58.1 Å². The number of rotatable bonds is 9. The lowest BCUT2D eigenvalue weighted by molar-refractivity contribution is -0.125. The van der Waals surface area contributed by atoms with Crippen molar-refractivity contribution in [1.82, 2.24) is 10.4 Å². The highest BCUT2D eigenvalue weighted by atomic mass is 16.2. The summed E-state index contributed by atoms with van der Waals surface area (Å²) in [4.78, 5) is 24.9. The average Bonchev–Trinajstić information content (AvgIpc) is 2.58. The van der Waals surface area contributed by atoms with Crippen molar-refractivity contribution in [1.29, 1.82) is 0 Å². The Hall–Kier alpha value is -2.04. The minimum absolute atomic E-state index is 0.0814. The second-order valence-corrected chi connectivity index (χ2v) is 6.37. The SMILES string of the molecule is CCCCCCCC(=O)NN1C(=O)c2ccccc2NC1CCC. The van der Waals surface area contributed by atoms with Crippen LogP contribution in [0, 0.1) is 0 Å². The van der Waals surface area contributed by atoms with Crippen LogP contribution in [0.4, 0.5) is 5.69 Å². The molecule has 1 aliphatic rings. The van der Waals surface area contributed by atoms with Crippen LogP contribution in [0.3, 0.4) is 0 Å². The van der Waals surface area contributed by atoms with Gasteiger partial charge in [-0.15, -0.1) is 0 Å². The molecule has 0 saturated heterocycles. The standard InChI is InChI=1S/C19H29N3O2/c1-3-5-6-7-8-14-18(23)21-22-17(11-4-2)20-16-13-10-9-12-15(16)19(22)24/h9-10,12-13,17,20H,3-8,11,14H2,1-2H3,(H,21,23). The van der Waals surface area contributed by atoms with E-state index in [2.05, 4.69) is 24.6 Å². The smallest absolute Gasteiger partial charge is 0.276 e. The Balaban J connectivity index is 1.96. The van der Waals surface area contributed by atoms with Crippen molar-refractivity contribution in [2.24, 2.45) is 0 Å². The van der Waals surface area contributed by atoms with Crippen molar-refractivity contribution in [2.45, 2.75) is 71.4 Å². The van der Waals surface area contributed by atoms with Crippen molar-refractivity contribution < 1.29 is 9.59 Å². The number of nitrogens with one attached hydrogen (secondary N) is 2. The predicted octanol–water partition coefficient (Wildman–Crippen LogP) is 4.07. The zero-order valence-electron chi connectivity index (χ0n) is 14.8. The normalized spacial score (nSPS) is 16.5. The van der Waals surface area contributed by atoms with Gasteiger partial charge in [-0.2, -0.15) is 0 Å². The maximum atomic E-state index is 12.7. The Morgan fingerprint density at radius 2 is 1.88 bits per heavy atom. The fourth-order valence-corrected chi connectivity index (χ4v) is 2.99. The third kappa shape index (κ3) is 4.73. The monoisotopic (exact) mass is 331 g/mol. The molecule has 0 aromatic heterocycles. The number of hydrogen-bond acceptors (Lipinski definition) is 3. The van der Waals surface area contributed by atoms with Crippen LogP contribution in [-0.2, 0) is 4.79 Å². The van der Waals surface area contributed by atoms with Gasteiger partial charge in [0, 0.05) is 12.1 Å². The quantitative estimate of drug-likeness (QED) is 0.671. The van der Waals surface area contributed by atoms with Crippen molar-refractivity contribution in [2.75, 3.05) is 5.32 Å². The number of nitrogens with zero attached hydrogens (tertiary/aromatic N) is 1. The third-order valence-electron chi connectivity index (χ3n) is 4.32. The van der Waals surface area contributed by atoms with Crippen LogP contribution in [0.25, 0.3) is 0 Å². The fourth-order valence-electron chi connectivity index (χ4n) is 2.99. The summed E-state index contributed by atoms with van der Waals surface area (Å²) in [5.41, 5.74) is 4.26. The lowest BCUT2D eigenvalue weighted by atomic mass is 10.1. The van der Waals surface area contributed by atoms with Crippen molar-refractivity contribution >= 4 is 17.5 Å². The largest absolute Gasteiger partial charge is 0.363 e. The second-order valence-electron chi connectivity index (χ2n) is 6.37. The molecule has 5 heteroatoms. The number of para-hydroxylation sites is 1. The van der Waals surface area contributed by atoms with E-state index in [9.17, 15) is 9.59 Å². The summed E-state index contributed by atoms with van der Waals surface area (Å²) in [6.07, 6.45) is 7.50. The summed E-state index contributed by atoms with van der Waals surface area (Å²) in [6.45, 7) is 4.24. The summed E-state index contributed by atoms with van der Waals surface area (Å²) in [6, 6.07) is 7.44. The molecular formula is C19H29N3O2. The molecule has 1 atom stereocenters. The van der Waals surface area contributed by atoms with Gasteiger partial charge in [0.1, 0.15) is 6.17 Å². The zero-order chi connectivity index (χ0) is 17.4. The summed E-state index contributed by atoms with van der Waals surface area (Å²) >= 11 is 0. The van der Waals surface area contributed by atoms with E-state index in [0.29, 0.717) is 12.0 Å². The molecule has 132 valence electrons. The van der Waals surface area contributed by atoms with Gasteiger partial charge in [0.2, 0.25) is 5.91 Å². The number of hydrogen-bond donors (Lipinski definition) is 2. The number of carbonyl (C=O) groups excluding carboxylic acids is 2. The molecule has 0 radical (unpaired) electrons.